The molecule has 9 heteroatoms. The summed E-state index contributed by atoms with van der Waals surface area (Å²) in [7, 11) is 2.85. The van der Waals surface area contributed by atoms with Gasteiger partial charge in [0.2, 0.25) is 17.7 Å². The number of halogens is 1. The highest BCUT2D eigenvalue weighted by Crippen LogP contribution is 2.34. The second-order valence-corrected chi connectivity index (χ2v) is 6.42. The van der Waals surface area contributed by atoms with Crippen LogP contribution in [0.4, 0.5) is 21.5 Å². The van der Waals surface area contributed by atoms with Crippen LogP contribution in [0.3, 0.4) is 0 Å². The summed E-state index contributed by atoms with van der Waals surface area (Å²) < 4.78 is 23.7. The molecule has 0 aromatic heterocycles. The molecule has 152 valence electrons. The highest BCUT2D eigenvalue weighted by molar-refractivity contribution is 6.05. The van der Waals surface area contributed by atoms with Crippen molar-refractivity contribution in [2.75, 3.05) is 36.8 Å². The Balaban J connectivity index is 1.83. The zero-order valence-electron chi connectivity index (χ0n) is 15.9. The number of carbonyl (C=O) groups is 3. The Morgan fingerprint density at radius 3 is 2.69 bits per heavy atom. The maximum atomic E-state index is 13.7. The Morgan fingerprint density at radius 1 is 1.17 bits per heavy atom. The summed E-state index contributed by atoms with van der Waals surface area (Å²) in [6, 6.07) is 8.59. The van der Waals surface area contributed by atoms with E-state index in [1.54, 1.807) is 12.1 Å². The van der Waals surface area contributed by atoms with Crippen molar-refractivity contribution in [2.45, 2.75) is 12.3 Å². The summed E-state index contributed by atoms with van der Waals surface area (Å²) in [5.41, 5.74) is 1.54. The lowest BCUT2D eigenvalue weighted by atomic mass is 9.89. The molecule has 0 bridgehead atoms. The predicted molar refractivity (Wildman–Crippen MR) is 105 cm³/mol. The molecule has 3 amide bonds. The lowest BCUT2D eigenvalue weighted by Gasteiger charge is -2.25. The van der Waals surface area contributed by atoms with Gasteiger partial charge in [-0.25, -0.2) is 4.39 Å². The zero-order chi connectivity index (χ0) is 21.0. The van der Waals surface area contributed by atoms with Gasteiger partial charge in [0, 0.05) is 24.9 Å². The van der Waals surface area contributed by atoms with Gasteiger partial charge in [0.1, 0.15) is 18.2 Å². The number of hydrogen-bond donors (Lipinski definition) is 3. The van der Waals surface area contributed by atoms with Crippen LogP contribution in [0, 0.1) is 5.82 Å². The standard InChI is InChI=1S/C20H20FN3O5/c1-28-10-19(26)24-16-8-12(4-6-17(16)29-2)22-20(27)14-9-18(25)23-15-5-3-11(21)7-13(14)15/h3-8,14H,9-10H2,1-2H3,(H,22,27)(H,23,25)(H,24,26). The van der Waals surface area contributed by atoms with Crippen LogP contribution in [-0.2, 0) is 19.1 Å². The molecule has 3 rings (SSSR count). The van der Waals surface area contributed by atoms with Crippen molar-refractivity contribution in [3.05, 3.63) is 47.8 Å². The molecule has 8 nitrogen and oxygen atoms in total. The summed E-state index contributed by atoms with van der Waals surface area (Å²) in [5, 5.41) is 7.97. The van der Waals surface area contributed by atoms with Gasteiger partial charge in [-0.2, -0.15) is 0 Å². The predicted octanol–water partition coefficient (Wildman–Crippen LogP) is 2.48. The molecule has 0 saturated carbocycles. The third kappa shape index (κ3) is 4.69. The average Bonchev–Trinajstić information content (AvgIpc) is 2.68. The van der Waals surface area contributed by atoms with Gasteiger partial charge in [0.05, 0.1) is 18.7 Å². The third-order valence-electron chi connectivity index (χ3n) is 4.39. The molecule has 29 heavy (non-hydrogen) atoms. The summed E-state index contributed by atoms with van der Waals surface area (Å²) >= 11 is 0. The van der Waals surface area contributed by atoms with Crippen molar-refractivity contribution >= 4 is 34.8 Å². The quantitative estimate of drug-likeness (QED) is 0.690. The number of nitrogens with one attached hydrogen (secondary N) is 3. The van der Waals surface area contributed by atoms with Crippen LogP contribution in [0.25, 0.3) is 0 Å². The number of carbonyl (C=O) groups excluding carboxylic acids is 3. The van der Waals surface area contributed by atoms with Crippen molar-refractivity contribution in [3.63, 3.8) is 0 Å². The largest absolute Gasteiger partial charge is 0.495 e. The van der Waals surface area contributed by atoms with Gasteiger partial charge in [-0.15, -0.1) is 0 Å². The van der Waals surface area contributed by atoms with Crippen LogP contribution in [0.5, 0.6) is 5.75 Å². The molecule has 2 aromatic carbocycles. The molecule has 1 heterocycles. The molecule has 3 N–H and O–H groups in total. The molecule has 0 aliphatic carbocycles. The number of amides is 3. The average molecular weight is 401 g/mol. The van der Waals surface area contributed by atoms with Crippen LogP contribution in [0.1, 0.15) is 17.9 Å². The lowest BCUT2D eigenvalue weighted by molar-refractivity contribution is -0.123. The number of hydrogen-bond acceptors (Lipinski definition) is 5. The van der Waals surface area contributed by atoms with Gasteiger partial charge in [-0.1, -0.05) is 0 Å². The van der Waals surface area contributed by atoms with Gasteiger partial charge in [0.25, 0.3) is 0 Å². The van der Waals surface area contributed by atoms with Crippen LogP contribution in [-0.4, -0.2) is 38.5 Å². The van der Waals surface area contributed by atoms with Gasteiger partial charge in [-0.05, 0) is 42.0 Å². The minimum atomic E-state index is -0.844. The molecule has 0 saturated heterocycles. The van der Waals surface area contributed by atoms with Crippen LogP contribution in [0.15, 0.2) is 36.4 Å². The Labute approximate surface area is 166 Å². The maximum absolute atomic E-state index is 13.7. The molecule has 1 atom stereocenters. The van der Waals surface area contributed by atoms with Gasteiger partial charge in [-0.3, -0.25) is 14.4 Å². The molecule has 1 aliphatic rings. The van der Waals surface area contributed by atoms with E-state index in [-0.39, 0.29) is 24.8 Å². The van der Waals surface area contributed by atoms with Crippen molar-refractivity contribution in [3.8, 4) is 5.75 Å². The molecule has 1 unspecified atom stereocenters. The summed E-state index contributed by atoms with van der Waals surface area (Å²) in [5.74, 6) is -2.12. The van der Waals surface area contributed by atoms with E-state index in [0.717, 1.165) is 0 Å². The normalized spacial score (nSPS) is 15.1. The fraction of sp³-hybridized carbons (Fsp3) is 0.250. The van der Waals surface area contributed by atoms with Crippen molar-refractivity contribution < 1.29 is 28.2 Å². The Morgan fingerprint density at radius 2 is 1.97 bits per heavy atom. The first-order valence-corrected chi connectivity index (χ1v) is 8.78. The fourth-order valence-electron chi connectivity index (χ4n) is 3.10. The highest BCUT2D eigenvalue weighted by Gasteiger charge is 2.31. The molecule has 0 spiro atoms. The molecule has 0 radical (unpaired) electrons. The number of fused-ring (bicyclic) bond motifs is 1. The Hall–Kier alpha value is -3.46. The monoisotopic (exact) mass is 401 g/mol. The zero-order valence-corrected chi connectivity index (χ0v) is 15.9. The second-order valence-electron chi connectivity index (χ2n) is 6.42. The third-order valence-corrected chi connectivity index (χ3v) is 4.39. The maximum Gasteiger partial charge on any atom is 0.250 e. The van der Waals surface area contributed by atoms with E-state index in [1.807, 2.05) is 0 Å². The minimum absolute atomic E-state index is 0.101. The molecule has 0 fully saturated rings. The van der Waals surface area contributed by atoms with Crippen LogP contribution in [0.2, 0.25) is 0 Å². The second kappa shape index (κ2) is 8.70. The van der Waals surface area contributed by atoms with Crippen molar-refractivity contribution in [1.29, 1.82) is 0 Å². The molecular weight excluding hydrogens is 381 g/mol. The van der Waals surface area contributed by atoms with E-state index in [4.69, 9.17) is 9.47 Å². The van der Waals surface area contributed by atoms with E-state index in [1.165, 1.54) is 38.5 Å². The molecule has 1 aliphatic heterocycles. The molecular formula is C20H20FN3O5. The van der Waals surface area contributed by atoms with Gasteiger partial charge >= 0.3 is 0 Å². The minimum Gasteiger partial charge on any atom is -0.495 e. The number of anilines is 3. The van der Waals surface area contributed by atoms with E-state index < -0.39 is 17.6 Å². The number of ether oxygens (including phenoxy) is 2. The van der Waals surface area contributed by atoms with E-state index >= 15 is 0 Å². The SMILES string of the molecule is COCC(=O)Nc1cc(NC(=O)C2CC(=O)Nc3ccc(F)cc32)ccc1OC. The smallest absolute Gasteiger partial charge is 0.250 e. The first-order chi connectivity index (χ1) is 13.9. The first kappa shape index (κ1) is 20.3. The Kier molecular flexibility index (Phi) is 6.08. The van der Waals surface area contributed by atoms with Crippen LogP contribution >= 0.6 is 0 Å². The topological polar surface area (TPSA) is 106 Å². The van der Waals surface area contributed by atoms with Crippen molar-refractivity contribution in [2.24, 2.45) is 0 Å². The van der Waals surface area contributed by atoms with E-state index in [2.05, 4.69) is 16.0 Å². The van der Waals surface area contributed by atoms with Crippen LogP contribution < -0.4 is 20.7 Å². The highest BCUT2D eigenvalue weighted by atomic mass is 19.1. The van der Waals surface area contributed by atoms with Crippen molar-refractivity contribution in [1.82, 2.24) is 0 Å². The summed E-state index contributed by atoms with van der Waals surface area (Å²) in [4.78, 5) is 36.6. The first-order valence-electron chi connectivity index (χ1n) is 8.78. The summed E-state index contributed by atoms with van der Waals surface area (Å²) in [6.07, 6.45) is -0.101. The van der Waals surface area contributed by atoms with Gasteiger partial charge < -0.3 is 25.4 Å². The number of benzene rings is 2. The Bertz CT molecular complexity index is 963. The number of methoxy groups -OCH3 is 2. The lowest BCUT2D eigenvalue weighted by Crippen LogP contribution is -2.31. The van der Waals surface area contributed by atoms with E-state index in [9.17, 15) is 18.8 Å². The summed E-state index contributed by atoms with van der Waals surface area (Å²) in [6.45, 7) is -0.140. The van der Waals surface area contributed by atoms with Gasteiger partial charge in [0.15, 0.2) is 0 Å². The molecule has 2 aromatic rings. The van der Waals surface area contributed by atoms with E-state index in [0.29, 0.717) is 28.4 Å². The number of rotatable bonds is 6. The fourth-order valence-corrected chi connectivity index (χ4v) is 3.10.